The Hall–Kier alpha value is -2.84. The number of nitro benzene ring substituents is 1. The van der Waals surface area contributed by atoms with Crippen molar-refractivity contribution in [3.8, 4) is 0 Å². The highest BCUT2D eigenvalue weighted by molar-refractivity contribution is 5.33. The Labute approximate surface area is 150 Å². The zero-order chi connectivity index (χ0) is 19.3. The molecule has 1 N–H and O–H groups in total. The minimum atomic E-state index is -1.01. The highest BCUT2D eigenvalue weighted by Crippen LogP contribution is 2.27. The fraction of sp³-hybridized carbons (Fsp3) is 0.333. The van der Waals surface area contributed by atoms with Gasteiger partial charge in [-0.3, -0.25) is 20.2 Å². The first-order valence-corrected chi connectivity index (χ1v) is 8.20. The van der Waals surface area contributed by atoms with E-state index in [1.807, 2.05) is 0 Å². The number of hydrogen-bond acceptors (Lipinski definition) is 6. The molecule has 0 aliphatic rings. The van der Waals surface area contributed by atoms with Gasteiger partial charge in [0.25, 0.3) is 5.69 Å². The van der Waals surface area contributed by atoms with Crippen LogP contribution >= 0.6 is 0 Å². The second kappa shape index (κ2) is 8.50. The first-order chi connectivity index (χ1) is 12.3. The van der Waals surface area contributed by atoms with Crippen LogP contribution in [0.3, 0.4) is 0 Å². The van der Waals surface area contributed by atoms with Crippen LogP contribution in [0, 0.1) is 20.2 Å². The summed E-state index contributed by atoms with van der Waals surface area (Å²) in [4.78, 5) is 21.1. The first kappa shape index (κ1) is 19.5. The third kappa shape index (κ3) is 4.62. The molecule has 0 radical (unpaired) electrons. The van der Waals surface area contributed by atoms with Gasteiger partial charge in [0.15, 0.2) is 0 Å². The molecule has 138 valence electrons. The van der Waals surface area contributed by atoms with Crippen molar-refractivity contribution in [2.75, 3.05) is 0 Å². The van der Waals surface area contributed by atoms with Gasteiger partial charge in [-0.05, 0) is 24.5 Å². The number of nitro groups is 2. The highest BCUT2D eigenvalue weighted by Gasteiger charge is 2.35. The van der Waals surface area contributed by atoms with Gasteiger partial charge in [0.1, 0.15) is 6.04 Å². The largest absolute Gasteiger partial charge is 0.313 e. The van der Waals surface area contributed by atoms with E-state index in [0.717, 1.165) is 10.6 Å². The van der Waals surface area contributed by atoms with Crippen LogP contribution in [0.4, 0.5) is 5.69 Å². The molecule has 0 aliphatic heterocycles. The third-order valence-corrected chi connectivity index (χ3v) is 4.35. The van der Waals surface area contributed by atoms with E-state index < -0.39 is 28.0 Å². The van der Waals surface area contributed by atoms with Crippen molar-refractivity contribution in [3.05, 3.63) is 86.0 Å². The molecule has 8 nitrogen and oxygen atoms in total. The zero-order valence-corrected chi connectivity index (χ0v) is 14.6. The Morgan fingerprint density at radius 2 is 1.58 bits per heavy atom. The molecule has 0 bridgehead atoms. The van der Waals surface area contributed by atoms with Crippen molar-refractivity contribution in [3.63, 3.8) is 0 Å². The van der Waals surface area contributed by atoms with Crippen molar-refractivity contribution < 1.29 is 15.1 Å². The van der Waals surface area contributed by atoms with Crippen LogP contribution in [0.15, 0.2) is 54.6 Å². The fourth-order valence-corrected chi connectivity index (χ4v) is 2.88. The van der Waals surface area contributed by atoms with Gasteiger partial charge in [0, 0.05) is 30.0 Å². The number of hydrogen-bond donors (Lipinski definition) is 1. The molecule has 0 heterocycles. The van der Waals surface area contributed by atoms with Crippen LogP contribution in [0.5, 0.6) is 0 Å². The third-order valence-electron chi connectivity index (χ3n) is 4.35. The zero-order valence-electron chi connectivity index (χ0n) is 14.6. The molecule has 2 aromatic rings. The molecule has 3 unspecified atom stereocenters. The molecule has 26 heavy (non-hydrogen) atoms. The van der Waals surface area contributed by atoms with Crippen molar-refractivity contribution in [2.45, 2.75) is 38.4 Å². The molecule has 2 aromatic carbocycles. The summed E-state index contributed by atoms with van der Waals surface area (Å²) >= 11 is 0. The van der Waals surface area contributed by atoms with E-state index in [-0.39, 0.29) is 5.69 Å². The van der Waals surface area contributed by atoms with E-state index in [1.165, 1.54) is 19.1 Å². The molecule has 0 spiro atoms. The van der Waals surface area contributed by atoms with Crippen LogP contribution in [-0.2, 0) is 6.42 Å². The predicted molar refractivity (Wildman–Crippen MR) is 95.5 cm³/mol. The number of hydroxylamine groups is 2. The second-order valence-electron chi connectivity index (χ2n) is 6.24. The lowest BCUT2D eigenvalue weighted by atomic mass is 9.97. The maximum atomic E-state index is 11.3. The monoisotopic (exact) mass is 359 g/mol. The summed E-state index contributed by atoms with van der Waals surface area (Å²) in [6.45, 7) is 3.21. The van der Waals surface area contributed by atoms with Crippen LogP contribution < -0.4 is 0 Å². The summed E-state index contributed by atoms with van der Waals surface area (Å²) in [5.41, 5.74) is 1.43. The molecule has 0 aromatic heterocycles. The molecule has 0 amide bonds. The summed E-state index contributed by atoms with van der Waals surface area (Å²) < 4.78 is 0. The molecule has 0 aliphatic carbocycles. The number of nitrogens with zero attached hydrogens (tertiary/aromatic N) is 3. The molecule has 3 atom stereocenters. The average Bonchev–Trinajstić information content (AvgIpc) is 2.63. The topological polar surface area (TPSA) is 110 Å². The lowest BCUT2D eigenvalue weighted by molar-refractivity contribution is -0.533. The van der Waals surface area contributed by atoms with Gasteiger partial charge >= 0.3 is 0 Å². The second-order valence-corrected chi connectivity index (χ2v) is 6.24. The average molecular weight is 359 g/mol. The van der Waals surface area contributed by atoms with E-state index in [0.29, 0.717) is 12.0 Å². The number of rotatable bonds is 8. The minimum Gasteiger partial charge on any atom is -0.313 e. The van der Waals surface area contributed by atoms with Gasteiger partial charge in [-0.1, -0.05) is 42.5 Å². The van der Waals surface area contributed by atoms with E-state index in [4.69, 9.17) is 0 Å². The van der Waals surface area contributed by atoms with Crippen molar-refractivity contribution in [1.82, 2.24) is 5.06 Å². The minimum absolute atomic E-state index is 0.00797. The SMILES string of the molecule is CC(Cc1ccc([N+](=O)[O-])cc1)N(O)C(c1ccccc1)C(C)[N+](=O)[O-]. The Balaban J connectivity index is 2.20. The lowest BCUT2D eigenvalue weighted by Gasteiger charge is -2.31. The maximum absolute atomic E-state index is 11.3. The molecular formula is C18H21N3O5. The first-order valence-electron chi connectivity index (χ1n) is 8.20. The number of benzene rings is 2. The quantitative estimate of drug-likeness (QED) is 0.569. The summed E-state index contributed by atoms with van der Waals surface area (Å²) in [5, 5.41) is 33.7. The smallest absolute Gasteiger partial charge is 0.269 e. The van der Waals surface area contributed by atoms with Gasteiger partial charge in [-0.15, -0.1) is 0 Å². The Bertz CT molecular complexity index is 751. The van der Waals surface area contributed by atoms with Crippen molar-refractivity contribution >= 4 is 5.69 Å². The Kier molecular flexibility index (Phi) is 6.37. The predicted octanol–water partition coefficient (Wildman–Crippen LogP) is 3.62. The van der Waals surface area contributed by atoms with Crippen LogP contribution in [-0.4, -0.2) is 32.2 Å². The molecule has 2 rings (SSSR count). The summed E-state index contributed by atoms with van der Waals surface area (Å²) in [6.07, 6.45) is 0.391. The van der Waals surface area contributed by atoms with Gasteiger partial charge < -0.3 is 5.21 Å². The van der Waals surface area contributed by atoms with Crippen LogP contribution in [0.2, 0.25) is 0 Å². The van der Waals surface area contributed by atoms with Crippen LogP contribution in [0.1, 0.15) is 31.0 Å². The van der Waals surface area contributed by atoms with Gasteiger partial charge in [-0.2, -0.15) is 5.06 Å². The normalized spacial score (nSPS) is 14.6. The van der Waals surface area contributed by atoms with Crippen molar-refractivity contribution in [2.24, 2.45) is 0 Å². The number of non-ortho nitro benzene ring substituents is 1. The summed E-state index contributed by atoms with van der Waals surface area (Å²) in [7, 11) is 0. The highest BCUT2D eigenvalue weighted by atomic mass is 16.6. The lowest BCUT2D eigenvalue weighted by Crippen LogP contribution is -2.42. The van der Waals surface area contributed by atoms with Gasteiger partial charge in [0.05, 0.1) is 4.92 Å². The van der Waals surface area contributed by atoms with E-state index in [9.17, 15) is 25.4 Å². The summed E-state index contributed by atoms with van der Waals surface area (Å²) in [5.74, 6) is 0. The maximum Gasteiger partial charge on any atom is 0.269 e. The summed E-state index contributed by atoms with van der Waals surface area (Å²) in [6, 6.07) is 12.6. The molecule has 0 saturated heterocycles. The van der Waals surface area contributed by atoms with E-state index in [2.05, 4.69) is 0 Å². The van der Waals surface area contributed by atoms with Crippen molar-refractivity contribution in [1.29, 1.82) is 0 Å². The van der Waals surface area contributed by atoms with E-state index in [1.54, 1.807) is 49.4 Å². The van der Waals surface area contributed by atoms with E-state index >= 15 is 0 Å². The van der Waals surface area contributed by atoms with Gasteiger partial charge in [-0.25, -0.2) is 0 Å². The fourth-order valence-electron chi connectivity index (χ4n) is 2.88. The van der Waals surface area contributed by atoms with Gasteiger partial charge in [0.2, 0.25) is 6.04 Å². The standard InChI is InChI=1S/C18H21N3O5/c1-13(12-15-8-10-17(11-9-15)21(25)26)19(22)18(14(2)20(23)24)16-6-4-3-5-7-16/h3-11,13-14,18,22H,12H2,1-2H3. The molecule has 8 heteroatoms. The Morgan fingerprint density at radius 1 is 1.00 bits per heavy atom. The Morgan fingerprint density at radius 3 is 2.08 bits per heavy atom. The van der Waals surface area contributed by atoms with Crippen LogP contribution in [0.25, 0.3) is 0 Å². The molecular weight excluding hydrogens is 338 g/mol. The molecule has 0 saturated carbocycles. The molecule has 0 fully saturated rings.